The first-order valence-corrected chi connectivity index (χ1v) is 8.27. The van der Waals surface area contributed by atoms with Crippen LogP contribution in [0, 0.1) is 0 Å². The smallest absolute Gasteiger partial charge is 0.136 e. The first-order valence-electron chi connectivity index (χ1n) is 7.05. The molecule has 5 heteroatoms. The predicted molar refractivity (Wildman–Crippen MR) is 85.4 cm³/mol. The van der Waals surface area contributed by atoms with E-state index in [1.807, 2.05) is 17.8 Å². The van der Waals surface area contributed by atoms with E-state index in [4.69, 9.17) is 4.74 Å². The number of hydrogen-bond donors (Lipinski definition) is 1. The molecular weight excluding hydrogens is 270 g/mol. The summed E-state index contributed by atoms with van der Waals surface area (Å²) >= 11 is 1.95. The van der Waals surface area contributed by atoms with Crippen LogP contribution in [0.3, 0.4) is 0 Å². The van der Waals surface area contributed by atoms with Crippen LogP contribution in [0.2, 0.25) is 0 Å². The lowest BCUT2D eigenvalue weighted by Crippen LogP contribution is -2.22. The van der Waals surface area contributed by atoms with E-state index >= 15 is 0 Å². The fourth-order valence-electron chi connectivity index (χ4n) is 1.99. The Hall–Kier alpha value is -0.810. The summed E-state index contributed by atoms with van der Waals surface area (Å²) in [5.74, 6) is 1.78. The molecule has 112 valence electrons. The van der Waals surface area contributed by atoms with Gasteiger partial charge in [0, 0.05) is 29.9 Å². The molecule has 0 aliphatic heterocycles. The first-order chi connectivity index (χ1) is 9.38. The highest BCUT2D eigenvalue weighted by atomic mass is 32.2. The molecule has 0 aromatic carbocycles. The van der Waals surface area contributed by atoms with Gasteiger partial charge in [-0.2, -0.15) is 11.8 Å². The molecule has 1 aliphatic carbocycles. The third-order valence-corrected chi connectivity index (χ3v) is 4.99. The van der Waals surface area contributed by atoms with Crippen LogP contribution in [0.5, 0.6) is 0 Å². The van der Waals surface area contributed by atoms with Crippen molar-refractivity contribution >= 4 is 17.6 Å². The molecular formula is C15H25N3OS. The van der Waals surface area contributed by atoms with E-state index in [-0.39, 0.29) is 5.41 Å². The monoisotopic (exact) mass is 295 g/mol. The van der Waals surface area contributed by atoms with Crippen LogP contribution in [0.15, 0.2) is 6.07 Å². The molecule has 4 nitrogen and oxygen atoms in total. The summed E-state index contributed by atoms with van der Waals surface area (Å²) in [5.41, 5.74) is 0.876. The van der Waals surface area contributed by atoms with Gasteiger partial charge in [0.1, 0.15) is 11.6 Å². The largest absolute Gasteiger partial charge is 0.378 e. The summed E-state index contributed by atoms with van der Waals surface area (Å²) in [7, 11) is 1.69. The molecule has 1 aliphatic rings. The second-order valence-electron chi connectivity index (χ2n) is 6.49. The molecule has 0 amide bonds. The van der Waals surface area contributed by atoms with Gasteiger partial charge >= 0.3 is 0 Å². The van der Waals surface area contributed by atoms with Crippen molar-refractivity contribution < 1.29 is 4.74 Å². The Morgan fingerprint density at radius 3 is 2.55 bits per heavy atom. The van der Waals surface area contributed by atoms with Crippen LogP contribution in [0.25, 0.3) is 0 Å². The second kappa shape index (κ2) is 5.90. The van der Waals surface area contributed by atoms with Gasteiger partial charge in [-0.15, -0.1) is 0 Å². The number of hydrogen-bond acceptors (Lipinski definition) is 5. The number of rotatable bonds is 6. The molecule has 1 aromatic heterocycles. The molecule has 0 atom stereocenters. The van der Waals surface area contributed by atoms with Crippen molar-refractivity contribution in [2.75, 3.05) is 25.2 Å². The van der Waals surface area contributed by atoms with Crippen LogP contribution in [0.1, 0.15) is 45.1 Å². The zero-order chi connectivity index (χ0) is 14.8. The number of nitrogens with one attached hydrogen (secondary N) is 1. The number of anilines is 1. The molecule has 1 aromatic rings. The van der Waals surface area contributed by atoms with Gasteiger partial charge in [0.2, 0.25) is 0 Å². The number of ether oxygens (including phenoxy) is 1. The van der Waals surface area contributed by atoms with E-state index in [0.717, 1.165) is 23.9 Å². The third kappa shape index (κ3) is 3.85. The van der Waals surface area contributed by atoms with Crippen LogP contribution in [-0.4, -0.2) is 34.6 Å². The lowest BCUT2D eigenvalue weighted by molar-refractivity contribution is 0.181. The summed E-state index contributed by atoms with van der Waals surface area (Å²) in [6.45, 7) is 7.89. The predicted octanol–water partition coefficient (Wildman–Crippen LogP) is 3.23. The first kappa shape index (κ1) is 15.6. The molecule has 1 heterocycles. The number of nitrogens with zero attached hydrogens (tertiary/aromatic N) is 2. The maximum Gasteiger partial charge on any atom is 0.136 e. The van der Waals surface area contributed by atoms with E-state index in [9.17, 15) is 0 Å². The lowest BCUT2D eigenvalue weighted by Gasteiger charge is -2.20. The van der Waals surface area contributed by atoms with Gasteiger partial charge < -0.3 is 10.1 Å². The van der Waals surface area contributed by atoms with Crippen LogP contribution >= 0.6 is 11.8 Å². The van der Waals surface area contributed by atoms with Crippen molar-refractivity contribution in [1.82, 2.24) is 9.97 Å². The molecule has 1 saturated carbocycles. The summed E-state index contributed by atoms with van der Waals surface area (Å²) < 4.78 is 5.63. The SMILES string of the molecule is COCc1cc(NCC2(SC)CC2)nc(C(C)(C)C)n1. The van der Waals surface area contributed by atoms with Gasteiger partial charge in [0.15, 0.2) is 0 Å². The zero-order valence-corrected chi connectivity index (χ0v) is 13.9. The third-order valence-electron chi connectivity index (χ3n) is 3.57. The fraction of sp³-hybridized carbons (Fsp3) is 0.733. The van der Waals surface area contributed by atoms with Crippen molar-refractivity contribution in [3.8, 4) is 0 Å². The molecule has 0 unspecified atom stereocenters. The van der Waals surface area contributed by atoms with Crippen molar-refractivity contribution in [3.63, 3.8) is 0 Å². The van der Waals surface area contributed by atoms with E-state index in [0.29, 0.717) is 11.4 Å². The second-order valence-corrected chi connectivity index (χ2v) is 7.77. The maximum absolute atomic E-state index is 5.21. The van der Waals surface area contributed by atoms with Gasteiger partial charge in [-0.25, -0.2) is 9.97 Å². The van der Waals surface area contributed by atoms with Crippen molar-refractivity contribution in [3.05, 3.63) is 17.6 Å². The van der Waals surface area contributed by atoms with Crippen molar-refractivity contribution in [2.45, 2.75) is 50.4 Å². The maximum atomic E-state index is 5.21. The standard InChI is InChI=1S/C15H25N3OS/c1-14(2,3)13-17-11(9-19-4)8-12(18-13)16-10-15(20-5)6-7-15/h8H,6-7,9-10H2,1-5H3,(H,16,17,18). The quantitative estimate of drug-likeness (QED) is 0.873. The summed E-state index contributed by atoms with van der Waals surface area (Å²) in [5, 5.41) is 3.48. The fourth-order valence-corrected chi connectivity index (χ4v) is 2.72. The number of thioether (sulfide) groups is 1. The molecule has 0 saturated heterocycles. The number of aromatic nitrogens is 2. The van der Waals surface area contributed by atoms with Crippen molar-refractivity contribution in [1.29, 1.82) is 0 Å². The normalized spacial score (nSPS) is 17.1. The average Bonchev–Trinajstić information content (AvgIpc) is 3.16. The van der Waals surface area contributed by atoms with Crippen LogP contribution in [0.4, 0.5) is 5.82 Å². The molecule has 2 rings (SSSR count). The Kier molecular flexibility index (Phi) is 4.59. The van der Waals surface area contributed by atoms with Gasteiger partial charge in [-0.1, -0.05) is 20.8 Å². The molecule has 0 radical (unpaired) electrons. The van der Waals surface area contributed by atoms with E-state index < -0.39 is 0 Å². The minimum Gasteiger partial charge on any atom is -0.378 e. The van der Waals surface area contributed by atoms with Gasteiger partial charge in [-0.05, 0) is 19.1 Å². The number of methoxy groups -OCH3 is 1. The summed E-state index contributed by atoms with van der Waals surface area (Å²) in [6, 6.07) is 2.00. The molecule has 20 heavy (non-hydrogen) atoms. The topological polar surface area (TPSA) is 47.0 Å². The highest BCUT2D eigenvalue weighted by Gasteiger charge is 2.41. The Balaban J connectivity index is 2.16. The Bertz CT molecular complexity index is 467. The minimum atomic E-state index is -0.0586. The lowest BCUT2D eigenvalue weighted by atomic mass is 9.95. The zero-order valence-electron chi connectivity index (χ0n) is 13.1. The van der Waals surface area contributed by atoms with E-state index in [1.165, 1.54) is 12.8 Å². The molecule has 0 bridgehead atoms. The van der Waals surface area contributed by atoms with Crippen LogP contribution in [-0.2, 0) is 16.8 Å². The minimum absolute atomic E-state index is 0.0586. The molecule has 0 spiro atoms. The van der Waals surface area contributed by atoms with Gasteiger partial charge in [0.25, 0.3) is 0 Å². The highest BCUT2D eigenvalue weighted by Crippen LogP contribution is 2.47. The Morgan fingerprint density at radius 2 is 2.05 bits per heavy atom. The molecule has 1 fully saturated rings. The van der Waals surface area contributed by atoms with Gasteiger partial charge in [-0.3, -0.25) is 0 Å². The van der Waals surface area contributed by atoms with Crippen LogP contribution < -0.4 is 5.32 Å². The highest BCUT2D eigenvalue weighted by molar-refractivity contribution is 8.00. The molecule has 1 N–H and O–H groups in total. The summed E-state index contributed by atoms with van der Waals surface area (Å²) in [4.78, 5) is 9.26. The van der Waals surface area contributed by atoms with Gasteiger partial charge in [0.05, 0.1) is 12.3 Å². The Morgan fingerprint density at radius 1 is 1.35 bits per heavy atom. The van der Waals surface area contributed by atoms with E-state index in [2.05, 4.69) is 42.3 Å². The van der Waals surface area contributed by atoms with E-state index in [1.54, 1.807) is 7.11 Å². The summed E-state index contributed by atoms with van der Waals surface area (Å²) in [6.07, 6.45) is 4.78. The average molecular weight is 295 g/mol. The van der Waals surface area contributed by atoms with Crippen molar-refractivity contribution in [2.24, 2.45) is 0 Å². The Labute approximate surface area is 126 Å².